The summed E-state index contributed by atoms with van der Waals surface area (Å²) in [5.41, 5.74) is 4.14. The lowest BCUT2D eigenvalue weighted by Crippen LogP contribution is -2.48. The van der Waals surface area contributed by atoms with Crippen molar-refractivity contribution in [3.05, 3.63) is 89.4 Å². The second kappa shape index (κ2) is 13.8. The number of nitrogens with one attached hydrogen (secondary N) is 1. The summed E-state index contributed by atoms with van der Waals surface area (Å²) in [5.74, 6) is 0.598. The van der Waals surface area contributed by atoms with Crippen LogP contribution in [0.15, 0.2) is 71.3 Å². The molecule has 8 heteroatoms. The van der Waals surface area contributed by atoms with Crippen molar-refractivity contribution in [1.82, 2.24) is 14.7 Å². The summed E-state index contributed by atoms with van der Waals surface area (Å²) in [5, 5.41) is 3.00. The van der Waals surface area contributed by atoms with E-state index in [-0.39, 0.29) is 18.5 Å². The number of carbonyl (C=O) groups is 2. The Morgan fingerprint density at radius 2 is 1.71 bits per heavy atom. The minimum Gasteiger partial charge on any atom is -0.467 e. The Hall–Kier alpha value is -3.62. The molecule has 202 valence electrons. The largest absolute Gasteiger partial charge is 0.467 e. The third-order valence-corrected chi connectivity index (χ3v) is 6.95. The summed E-state index contributed by atoms with van der Waals surface area (Å²) < 4.78 is 11.0. The first kappa shape index (κ1) is 27.4. The Bertz CT molecular complexity index is 1160. The van der Waals surface area contributed by atoms with E-state index in [9.17, 15) is 9.59 Å². The SMILES string of the molecule is Cc1ccc(NC(=O)N(CCN2CCOCC2)CC(=O)N(CCc2ccccc2)Cc2ccco2)cc1C. The number of carbonyl (C=O) groups excluding carboxylic acids is 2. The van der Waals surface area contributed by atoms with Crippen LogP contribution in [-0.4, -0.2) is 79.1 Å². The van der Waals surface area contributed by atoms with E-state index in [1.165, 1.54) is 0 Å². The quantitative estimate of drug-likeness (QED) is 0.409. The first-order chi connectivity index (χ1) is 18.5. The molecule has 0 atom stereocenters. The molecule has 0 radical (unpaired) electrons. The van der Waals surface area contributed by atoms with Crippen LogP contribution in [0.2, 0.25) is 0 Å². The van der Waals surface area contributed by atoms with Gasteiger partial charge in [0.2, 0.25) is 5.91 Å². The molecule has 4 rings (SSSR count). The highest BCUT2D eigenvalue weighted by molar-refractivity contribution is 5.92. The van der Waals surface area contributed by atoms with Gasteiger partial charge >= 0.3 is 6.03 Å². The van der Waals surface area contributed by atoms with E-state index in [2.05, 4.69) is 22.3 Å². The number of furan rings is 1. The molecule has 0 spiro atoms. The number of benzene rings is 2. The first-order valence-corrected chi connectivity index (χ1v) is 13.3. The number of amides is 3. The lowest BCUT2D eigenvalue weighted by molar-refractivity contribution is -0.132. The zero-order valence-electron chi connectivity index (χ0n) is 22.4. The fraction of sp³-hybridized carbons (Fsp3) is 0.400. The second-order valence-corrected chi connectivity index (χ2v) is 9.74. The molecule has 1 saturated heterocycles. The molecule has 1 fully saturated rings. The lowest BCUT2D eigenvalue weighted by atomic mass is 10.1. The van der Waals surface area contributed by atoms with Crippen LogP contribution < -0.4 is 5.32 Å². The van der Waals surface area contributed by atoms with Crippen LogP contribution in [0.1, 0.15) is 22.5 Å². The summed E-state index contributed by atoms with van der Waals surface area (Å²) in [7, 11) is 0. The molecule has 0 aliphatic carbocycles. The van der Waals surface area contributed by atoms with Crippen LogP contribution in [-0.2, 0) is 22.5 Å². The molecular formula is C30H38N4O4. The van der Waals surface area contributed by atoms with Crippen molar-refractivity contribution in [2.45, 2.75) is 26.8 Å². The van der Waals surface area contributed by atoms with E-state index in [0.29, 0.717) is 45.2 Å². The zero-order chi connectivity index (χ0) is 26.7. The van der Waals surface area contributed by atoms with Crippen LogP contribution in [0.25, 0.3) is 0 Å². The molecule has 1 aromatic heterocycles. The van der Waals surface area contributed by atoms with Gasteiger partial charge in [-0.3, -0.25) is 9.69 Å². The molecular weight excluding hydrogens is 480 g/mol. The number of morpholine rings is 1. The van der Waals surface area contributed by atoms with Gasteiger partial charge in [0.05, 0.1) is 26.0 Å². The van der Waals surface area contributed by atoms with E-state index < -0.39 is 0 Å². The minimum atomic E-state index is -0.282. The van der Waals surface area contributed by atoms with Gasteiger partial charge in [-0.1, -0.05) is 36.4 Å². The van der Waals surface area contributed by atoms with Crippen molar-refractivity contribution in [3.63, 3.8) is 0 Å². The maximum absolute atomic E-state index is 13.6. The number of hydrogen-bond donors (Lipinski definition) is 1. The van der Waals surface area contributed by atoms with Gasteiger partial charge in [-0.05, 0) is 61.2 Å². The summed E-state index contributed by atoms with van der Waals surface area (Å²) in [6.45, 7) is 9.06. The van der Waals surface area contributed by atoms with Crippen molar-refractivity contribution in [2.24, 2.45) is 0 Å². The van der Waals surface area contributed by atoms with E-state index in [1.54, 1.807) is 16.1 Å². The first-order valence-electron chi connectivity index (χ1n) is 13.3. The van der Waals surface area contributed by atoms with E-state index in [1.807, 2.05) is 62.4 Å². The molecule has 2 heterocycles. The Kier molecular flexibility index (Phi) is 9.95. The smallest absolute Gasteiger partial charge is 0.322 e. The number of urea groups is 1. The topological polar surface area (TPSA) is 78.3 Å². The highest BCUT2D eigenvalue weighted by atomic mass is 16.5. The molecule has 0 bridgehead atoms. The van der Waals surface area contributed by atoms with Crippen molar-refractivity contribution in [3.8, 4) is 0 Å². The van der Waals surface area contributed by atoms with Gasteiger partial charge in [-0.25, -0.2) is 4.79 Å². The molecule has 1 N–H and O–H groups in total. The van der Waals surface area contributed by atoms with Gasteiger partial charge in [0.1, 0.15) is 12.3 Å². The zero-order valence-corrected chi connectivity index (χ0v) is 22.4. The average Bonchev–Trinajstić information content (AvgIpc) is 3.45. The predicted octanol–water partition coefficient (Wildman–Crippen LogP) is 4.33. The molecule has 38 heavy (non-hydrogen) atoms. The van der Waals surface area contributed by atoms with Gasteiger partial charge < -0.3 is 24.3 Å². The number of rotatable bonds is 11. The Morgan fingerprint density at radius 3 is 2.42 bits per heavy atom. The molecule has 0 unspecified atom stereocenters. The molecule has 8 nitrogen and oxygen atoms in total. The molecule has 2 aromatic carbocycles. The second-order valence-electron chi connectivity index (χ2n) is 9.74. The van der Waals surface area contributed by atoms with Gasteiger partial charge in [0.15, 0.2) is 0 Å². The lowest BCUT2D eigenvalue weighted by Gasteiger charge is -2.31. The maximum atomic E-state index is 13.6. The number of aryl methyl sites for hydroxylation is 2. The molecule has 0 saturated carbocycles. The standard InChI is InChI=1S/C30H38N4O4/c1-24-10-11-27(21-25(24)2)31-30(36)34(15-14-32-16-19-37-20-17-32)23-29(35)33(22-28-9-6-18-38-28)13-12-26-7-4-3-5-8-26/h3-11,18,21H,12-17,19-20,22-23H2,1-2H3,(H,31,36). The van der Waals surface area contributed by atoms with Gasteiger partial charge in [0, 0.05) is 38.4 Å². The minimum absolute atomic E-state index is 0.0173. The predicted molar refractivity (Wildman–Crippen MR) is 148 cm³/mol. The fourth-order valence-electron chi connectivity index (χ4n) is 4.42. The number of nitrogens with zero attached hydrogens (tertiary/aromatic N) is 3. The molecule has 1 aliphatic heterocycles. The molecule has 3 amide bonds. The number of hydrogen-bond acceptors (Lipinski definition) is 5. The van der Waals surface area contributed by atoms with Crippen LogP contribution >= 0.6 is 0 Å². The molecule has 1 aliphatic rings. The van der Waals surface area contributed by atoms with Crippen LogP contribution in [0, 0.1) is 13.8 Å². The summed E-state index contributed by atoms with van der Waals surface area (Å²) in [6, 6.07) is 19.3. The maximum Gasteiger partial charge on any atom is 0.322 e. The van der Waals surface area contributed by atoms with E-state index >= 15 is 0 Å². The third-order valence-electron chi connectivity index (χ3n) is 6.95. The Balaban J connectivity index is 1.46. The Morgan fingerprint density at radius 1 is 0.921 bits per heavy atom. The number of anilines is 1. The number of ether oxygens (including phenoxy) is 1. The monoisotopic (exact) mass is 518 g/mol. The normalized spacial score (nSPS) is 13.7. The van der Waals surface area contributed by atoms with Crippen molar-refractivity contribution in [2.75, 3.05) is 57.8 Å². The summed E-state index contributed by atoms with van der Waals surface area (Å²) in [6.07, 6.45) is 2.33. The average molecular weight is 519 g/mol. The van der Waals surface area contributed by atoms with E-state index in [4.69, 9.17) is 9.15 Å². The van der Waals surface area contributed by atoms with Crippen LogP contribution in [0.5, 0.6) is 0 Å². The Labute approximate surface area is 225 Å². The summed E-state index contributed by atoms with van der Waals surface area (Å²) >= 11 is 0. The third kappa shape index (κ3) is 8.19. The van der Waals surface area contributed by atoms with Gasteiger partial charge in [-0.15, -0.1) is 0 Å². The highest BCUT2D eigenvalue weighted by Crippen LogP contribution is 2.15. The van der Waals surface area contributed by atoms with Crippen LogP contribution in [0.3, 0.4) is 0 Å². The molecule has 3 aromatic rings. The highest BCUT2D eigenvalue weighted by Gasteiger charge is 2.23. The van der Waals surface area contributed by atoms with Crippen molar-refractivity contribution < 1.29 is 18.7 Å². The van der Waals surface area contributed by atoms with Gasteiger partial charge in [0.25, 0.3) is 0 Å². The van der Waals surface area contributed by atoms with Crippen LogP contribution in [0.4, 0.5) is 10.5 Å². The van der Waals surface area contributed by atoms with E-state index in [0.717, 1.165) is 41.9 Å². The van der Waals surface area contributed by atoms with Crippen molar-refractivity contribution >= 4 is 17.6 Å². The van der Waals surface area contributed by atoms with Crippen molar-refractivity contribution in [1.29, 1.82) is 0 Å². The summed E-state index contributed by atoms with van der Waals surface area (Å²) in [4.78, 5) is 32.7. The fourth-order valence-corrected chi connectivity index (χ4v) is 4.42. The van der Waals surface area contributed by atoms with Gasteiger partial charge in [-0.2, -0.15) is 0 Å².